The van der Waals surface area contributed by atoms with E-state index in [4.69, 9.17) is 37.4 Å². The van der Waals surface area contributed by atoms with Gasteiger partial charge in [-0.25, -0.2) is 0 Å². The summed E-state index contributed by atoms with van der Waals surface area (Å²) in [5, 5.41) is 0. The maximum atomic E-state index is 6.07. The van der Waals surface area contributed by atoms with Crippen molar-refractivity contribution in [3.05, 3.63) is 24.3 Å². The second kappa shape index (κ2) is 38.1. The molecule has 0 aromatic carbocycles. The van der Waals surface area contributed by atoms with Crippen LogP contribution in [0.1, 0.15) is 180 Å². The molecule has 0 amide bonds. The first-order valence-corrected chi connectivity index (χ1v) is 19.5. The predicted octanol–water partition coefficient (Wildman–Crippen LogP) is 13.5. The third-order valence-corrected chi connectivity index (χ3v) is 8.84. The Kier molecular flexibility index (Phi) is 38.1. The number of ether oxygens (including phenoxy) is 3. The number of halogens is 2. The summed E-state index contributed by atoms with van der Waals surface area (Å²) >= 11 is 11.5. The molecule has 256 valence electrons. The zero-order valence-corrected chi connectivity index (χ0v) is 30.2. The van der Waals surface area contributed by atoms with Crippen molar-refractivity contribution in [2.75, 3.05) is 26.0 Å². The van der Waals surface area contributed by atoms with E-state index in [1.165, 1.54) is 154 Å². The van der Waals surface area contributed by atoms with Crippen molar-refractivity contribution in [1.82, 2.24) is 0 Å². The van der Waals surface area contributed by atoms with Gasteiger partial charge >= 0.3 is 0 Å². The van der Waals surface area contributed by atoms with E-state index in [1.54, 1.807) is 14.2 Å². The highest BCUT2D eigenvalue weighted by molar-refractivity contribution is 6.18. The number of hydrogen-bond donors (Lipinski definition) is 0. The van der Waals surface area contributed by atoms with Gasteiger partial charge in [-0.15, -0.1) is 23.2 Å². The van der Waals surface area contributed by atoms with Crippen LogP contribution in [0.25, 0.3) is 0 Å². The molecule has 0 bridgehead atoms. The van der Waals surface area contributed by atoms with Crippen LogP contribution in [0.5, 0.6) is 0 Å². The summed E-state index contributed by atoms with van der Waals surface area (Å²) in [6, 6.07) is 0. The van der Waals surface area contributed by atoms with Crippen molar-refractivity contribution < 1.29 is 14.2 Å². The molecule has 2 unspecified atom stereocenters. The normalized spacial score (nSPS) is 13.5. The van der Waals surface area contributed by atoms with Crippen LogP contribution in [-0.4, -0.2) is 38.6 Å². The molecule has 3 nitrogen and oxygen atoms in total. The molecule has 43 heavy (non-hydrogen) atoms. The molecule has 0 aromatic heterocycles. The Morgan fingerprint density at radius 1 is 0.372 bits per heavy atom. The van der Waals surface area contributed by atoms with Crippen LogP contribution in [-0.2, 0) is 14.2 Å². The van der Waals surface area contributed by atoms with E-state index in [-0.39, 0.29) is 12.6 Å². The van der Waals surface area contributed by atoms with Crippen LogP contribution in [0.4, 0.5) is 0 Å². The van der Waals surface area contributed by atoms with Crippen molar-refractivity contribution in [2.45, 2.75) is 192 Å². The molecule has 0 aliphatic carbocycles. The number of hydrogen-bond acceptors (Lipinski definition) is 3. The summed E-state index contributed by atoms with van der Waals surface area (Å²) in [4.78, 5) is 0. The smallest absolute Gasteiger partial charge is 0.160 e. The Bertz CT molecular complexity index is 521. The monoisotopic (exact) mass is 646 g/mol. The van der Waals surface area contributed by atoms with E-state index in [0.717, 1.165) is 37.4 Å². The molecular formula is C38H72Cl2O3. The number of rotatable bonds is 36. The third-order valence-electron chi connectivity index (χ3n) is 8.31. The molecule has 0 saturated heterocycles. The lowest BCUT2D eigenvalue weighted by Gasteiger charge is -2.22. The second-order valence-corrected chi connectivity index (χ2v) is 13.1. The minimum Gasteiger partial charge on any atom is -0.356 e. The van der Waals surface area contributed by atoms with Gasteiger partial charge in [-0.3, -0.25) is 0 Å². The quantitative estimate of drug-likeness (QED) is 0.0293. The zero-order chi connectivity index (χ0) is 31.3. The van der Waals surface area contributed by atoms with Crippen LogP contribution < -0.4 is 0 Å². The van der Waals surface area contributed by atoms with Crippen molar-refractivity contribution in [3.8, 4) is 0 Å². The van der Waals surface area contributed by atoms with Gasteiger partial charge in [0.05, 0.1) is 0 Å². The summed E-state index contributed by atoms with van der Waals surface area (Å²) in [6.07, 6.45) is 44.6. The lowest BCUT2D eigenvalue weighted by molar-refractivity contribution is -0.232. The first-order chi connectivity index (χ1) is 21.3. The number of unbranched alkanes of at least 4 members (excludes halogenated alkanes) is 22. The summed E-state index contributed by atoms with van der Waals surface area (Å²) in [6.45, 7) is 0. The highest BCUT2D eigenvalue weighted by Crippen LogP contribution is 2.16. The Morgan fingerprint density at radius 3 is 0.907 bits per heavy atom. The van der Waals surface area contributed by atoms with Gasteiger partial charge in [-0.05, 0) is 51.4 Å². The predicted molar refractivity (Wildman–Crippen MR) is 192 cm³/mol. The maximum Gasteiger partial charge on any atom is 0.160 e. The molecule has 0 radical (unpaired) electrons. The van der Waals surface area contributed by atoms with Gasteiger partial charge in [0.15, 0.2) is 12.6 Å². The van der Waals surface area contributed by atoms with E-state index >= 15 is 0 Å². The molecule has 0 fully saturated rings. The minimum absolute atomic E-state index is 0.213. The molecular weight excluding hydrogens is 575 g/mol. The fraction of sp³-hybridized carbons (Fsp3) is 0.895. The Hall–Kier alpha value is -0.0600. The van der Waals surface area contributed by atoms with Crippen molar-refractivity contribution in [3.63, 3.8) is 0 Å². The largest absolute Gasteiger partial charge is 0.356 e. The molecule has 0 N–H and O–H groups in total. The summed E-state index contributed by atoms with van der Waals surface area (Å²) < 4.78 is 17.2. The Labute approximate surface area is 279 Å². The molecule has 0 rings (SSSR count). The molecule has 0 aliphatic heterocycles. The van der Waals surface area contributed by atoms with Crippen LogP contribution in [0.3, 0.4) is 0 Å². The highest BCUT2D eigenvalue weighted by atomic mass is 35.5. The van der Waals surface area contributed by atoms with Gasteiger partial charge in [0, 0.05) is 38.8 Å². The molecule has 0 heterocycles. The van der Waals surface area contributed by atoms with Crippen LogP contribution in [0.15, 0.2) is 24.3 Å². The van der Waals surface area contributed by atoms with E-state index in [1.807, 2.05) is 0 Å². The van der Waals surface area contributed by atoms with Crippen molar-refractivity contribution in [2.24, 2.45) is 0 Å². The van der Waals surface area contributed by atoms with Gasteiger partial charge in [0.25, 0.3) is 0 Å². The van der Waals surface area contributed by atoms with Gasteiger partial charge < -0.3 is 14.2 Å². The molecule has 0 spiro atoms. The average molecular weight is 648 g/mol. The molecule has 5 heteroatoms. The van der Waals surface area contributed by atoms with Crippen LogP contribution in [0, 0.1) is 0 Å². The van der Waals surface area contributed by atoms with Gasteiger partial charge in [0.2, 0.25) is 0 Å². The topological polar surface area (TPSA) is 27.7 Å². The number of alkyl halides is 2. The summed E-state index contributed by atoms with van der Waals surface area (Å²) in [7, 11) is 3.46. The first-order valence-electron chi connectivity index (χ1n) is 18.4. The standard InChI is InChI=1S/C38H72Cl2O3/c1-41-37(33-29-25-21-17-13-9-5-3-7-11-15-19-23-27-31-35-39)43-38(42-2)34-30-26-22-18-14-10-6-4-8-12-16-20-24-28-32-36-40/h21-22,25-26,37-38H,3-20,23-24,27-36H2,1-2H3. The van der Waals surface area contributed by atoms with Crippen molar-refractivity contribution >= 4 is 23.2 Å². The fourth-order valence-corrected chi connectivity index (χ4v) is 5.86. The number of methoxy groups -OCH3 is 2. The van der Waals surface area contributed by atoms with Gasteiger partial charge in [-0.1, -0.05) is 140 Å². The Morgan fingerprint density at radius 2 is 0.628 bits per heavy atom. The van der Waals surface area contributed by atoms with E-state index in [2.05, 4.69) is 24.3 Å². The third kappa shape index (κ3) is 34.7. The SMILES string of the molecule is COC(CCC=CCCCCCCCCCCCCCCl)OC(CCC=CCCCCCCCCCCCCCCl)OC. The number of allylic oxidation sites excluding steroid dienone is 4. The summed E-state index contributed by atoms with van der Waals surface area (Å²) in [5.74, 6) is 1.64. The highest BCUT2D eigenvalue weighted by Gasteiger charge is 2.14. The van der Waals surface area contributed by atoms with E-state index < -0.39 is 0 Å². The van der Waals surface area contributed by atoms with Crippen molar-refractivity contribution in [1.29, 1.82) is 0 Å². The van der Waals surface area contributed by atoms with Gasteiger partial charge in [-0.2, -0.15) is 0 Å². The average Bonchev–Trinajstić information content (AvgIpc) is 3.02. The van der Waals surface area contributed by atoms with Gasteiger partial charge in [0.1, 0.15) is 0 Å². The minimum atomic E-state index is -0.213. The second-order valence-electron chi connectivity index (χ2n) is 12.3. The lowest BCUT2D eigenvalue weighted by Crippen LogP contribution is -2.25. The molecule has 0 aromatic rings. The molecule has 0 saturated carbocycles. The molecule has 2 atom stereocenters. The van der Waals surface area contributed by atoms with E-state index in [0.29, 0.717) is 0 Å². The fourth-order valence-electron chi connectivity index (χ4n) is 5.48. The Balaban J connectivity index is 3.62. The molecule has 0 aliphatic rings. The summed E-state index contributed by atoms with van der Waals surface area (Å²) in [5.41, 5.74) is 0. The van der Waals surface area contributed by atoms with Crippen LogP contribution >= 0.6 is 23.2 Å². The van der Waals surface area contributed by atoms with E-state index in [9.17, 15) is 0 Å². The first kappa shape index (κ1) is 42.9. The zero-order valence-electron chi connectivity index (χ0n) is 28.7. The lowest BCUT2D eigenvalue weighted by atomic mass is 10.1. The van der Waals surface area contributed by atoms with Crippen LogP contribution in [0.2, 0.25) is 0 Å². The maximum absolute atomic E-state index is 6.07.